The molecule has 0 fully saturated rings. The number of hydrogen-bond donors (Lipinski definition) is 1. The first-order valence-electron chi connectivity index (χ1n) is 5.71. The summed E-state index contributed by atoms with van der Waals surface area (Å²) in [5.41, 5.74) is 7.89. The van der Waals surface area contributed by atoms with Crippen LogP contribution in [0, 0.1) is 0 Å². The lowest BCUT2D eigenvalue weighted by molar-refractivity contribution is 0.165. The van der Waals surface area contributed by atoms with Gasteiger partial charge in [0.25, 0.3) is 0 Å². The van der Waals surface area contributed by atoms with Gasteiger partial charge in [0.05, 0.1) is 0 Å². The molecule has 1 aromatic carbocycles. The number of nitrogens with zero attached hydrogens (tertiary/aromatic N) is 1. The fraction of sp³-hybridized carbons (Fsp3) is 0.538. The molecule has 16 heavy (non-hydrogen) atoms. The van der Waals surface area contributed by atoms with Gasteiger partial charge in [-0.05, 0) is 51.5 Å². The third-order valence-electron chi connectivity index (χ3n) is 2.75. The SMILES string of the molecule is CC(C)N(Cc1cc(N)ccc1Br)C(C)C. The van der Waals surface area contributed by atoms with E-state index < -0.39 is 0 Å². The molecular weight excluding hydrogens is 264 g/mol. The van der Waals surface area contributed by atoms with Crippen molar-refractivity contribution >= 4 is 21.6 Å². The van der Waals surface area contributed by atoms with Crippen LogP contribution in [0.25, 0.3) is 0 Å². The van der Waals surface area contributed by atoms with Gasteiger partial charge in [0.2, 0.25) is 0 Å². The number of halogens is 1. The Balaban J connectivity index is 2.89. The zero-order valence-electron chi connectivity index (χ0n) is 10.5. The first-order valence-corrected chi connectivity index (χ1v) is 6.50. The molecule has 0 aliphatic heterocycles. The molecule has 0 heterocycles. The van der Waals surface area contributed by atoms with E-state index in [-0.39, 0.29) is 0 Å². The van der Waals surface area contributed by atoms with Crippen molar-refractivity contribution in [2.24, 2.45) is 0 Å². The Bertz CT molecular complexity index is 340. The van der Waals surface area contributed by atoms with Crippen LogP contribution in [0.3, 0.4) is 0 Å². The quantitative estimate of drug-likeness (QED) is 0.856. The van der Waals surface area contributed by atoms with Crippen LogP contribution in [0.15, 0.2) is 22.7 Å². The Labute approximate surface area is 107 Å². The summed E-state index contributed by atoms with van der Waals surface area (Å²) in [5.74, 6) is 0. The van der Waals surface area contributed by atoms with Crippen LogP contribution >= 0.6 is 15.9 Å². The van der Waals surface area contributed by atoms with E-state index in [4.69, 9.17) is 5.73 Å². The van der Waals surface area contributed by atoms with E-state index >= 15 is 0 Å². The summed E-state index contributed by atoms with van der Waals surface area (Å²) in [6.07, 6.45) is 0. The van der Waals surface area contributed by atoms with Gasteiger partial charge in [0, 0.05) is 28.8 Å². The predicted octanol–water partition coefficient (Wildman–Crippen LogP) is 3.65. The highest BCUT2D eigenvalue weighted by molar-refractivity contribution is 9.10. The first kappa shape index (κ1) is 13.5. The maximum absolute atomic E-state index is 5.82. The van der Waals surface area contributed by atoms with Gasteiger partial charge in [-0.3, -0.25) is 4.90 Å². The summed E-state index contributed by atoms with van der Waals surface area (Å²) in [6.45, 7) is 9.82. The Morgan fingerprint density at radius 2 is 1.75 bits per heavy atom. The van der Waals surface area contributed by atoms with Gasteiger partial charge in [0.15, 0.2) is 0 Å². The van der Waals surface area contributed by atoms with E-state index in [1.54, 1.807) is 0 Å². The minimum absolute atomic E-state index is 0.535. The van der Waals surface area contributed by atoms with Gasteiger partial charge < -0.3 is 5.73 Å². The molecule has 0 amide bonds. The fourth-order valence-electron chi connectivity index (χ4n) is 1.87. The minimum atomic E-state index is 0.535. The Kier molecular flexibility index (Phi) is 4.81. The Morgan fingerprint density at radius 1 is 1.19 bits per heavy atom. The normalized spacial score (nSPS) is 11.8. The van der Waals surface area contributed by atoms with E-state index in [9.17, 15) is 0 Å². The van der Waals surface area contributed by atoms with Crippen molar-refractivity contribution in [1.29, 1.82) is 0 Å². The lowest BCUT2D eigenvalue weighted by atomic mass is 10.1. The van der Waals surface area contributed by atoms with Gasteiger partial charge in [-0.1, -0.05) is 15.9 Å². The molecular formula is C13H21BrN2. The molecule has 2 N–H and O–H groups in total. The smallest absolute Gasteiger partial charge is 0.0318 e. The van der Waals surface area contributed by atoms with Crippen molar-refractivity contribution in [3.8, 4) is 0 Å². The molecule has 0 spiro atoms. The highest BCUT2D eigenvalue weighted by Crippen LogP contribution is 2.22. The molecule has 0 bridgehead atoms. The summed E-state index contributed by atoms with van der Waals surface area (Å²) in [4.78, 5) is 2.44. The molecule has 2 nitrogen and oxygen atoms in total. The number of nitrogens with two attached hydrogens (primary N) is 1. The van der Waals surface area contributed by atoms with E-state index in [0.29, 0.717) is 12.1 Å². The summed E-state index contributed by atoms with van der Waals surface area (Å²) in [7, 11) is 0. The number of anilines is 1. The molecule has 0 saturated carbocycles. The Hall–Kier alpha value is -0.540. The van der Waals surface area contributed by atoms with Crippen LogP contribution in [0.4, 0.5) is 5.69 Å². The van der Waals surface area contributed by atoms with Crippen molar-refractivity contribution < 1.29 is 0 Å². The summed E-state index contributed by atoms with van der Waals surface area (Å²) in [6, 6.07) is 7.05. The fourth-order valence-corrected chi connectivity index (χ4v) is 2.25. The highest BCUT2D eigenvalue weighted by Gasteiger charge is 2.15. The van der Waals surface area contributed by atoms with E-state index in [1.807, 2.05) is 18.2 Å². The minimum Gasteiger partial charge on any atom is -0.399 e. The van der Waals surface area contributed by atoms with E-state index in [0.717, 1.165) is 16.7 Å². The second kappa shape index (κ2) is 5.69. The molecule has 0 radical (unpaired) electrons. The Morgan fingerprint density at radius 3 is 2.25 bits per heavy atom. The van der Waals surface area contributed by atoms with Gasteiger partial charge in [-0.25, -0.2) is 0 Å². The monoisotopic (exact) mass is 284 g/mol. The maximum atomic E-state index is 5.82. The molecule has 1 rings (SSSR count). The van der Waals surface area contributed by atoms with Crippen molar-refractivity contribution in [2.75, 3.05) is 5.73 Å². The van der Waals surface area contributed by atoms with Crippen LogP contribution in [0.2, 0.25) is 0 Å². The molecule has 1 aromatic rings. The average molecular weight is 285 g/mol. The van der Waals surface area contributed by atoms with Crippen LogP contribution in [0.5, 0.6) is 0 Å². The largest absolute Gasteiger partial charge is 0.399 e. The molecule has 0 atom stereocenters. The third-order valence-corrected chi connectivity index (χ3v) is 3.52. The lowest BCUT2D eigenvalue weighted by Gasteiger charge is -2.31. The van der Waals surface area contributed by atoms with Crippen LogP contribution in [-0.4, -0.2) is 17.0 Å². The van der Waals surface area contributed by atoms with E-state index in [2.05, 4.69) is 48.5 Å². The lowest BCUT2D eigenvalue weighted by Crippen LogP contribution is -2.36. The highest BCUT2D eigenvalue weighted by atomic mass is 79.9. The zero-order chi connectivity index (χ0) is 12.3. The molecule has 0 unspecified atom stereocenters. The van der Waals surface area contributed by atoms with Crippen molar-refractivity contribution in [3.05, 3.63) is 28.2 Å². The average Bonchev–Trinajstić information content (AvgIpc) is 2.18. The van der Waals surface area contributed by atoms with Gasteiger partial charge in [0.1, 0.15) is 0 Å². The van der Waals surface area contributed by atoms with Crippen molar-refractivity contribution in [2.45, 2.75) is 46.3 Å². The number of nitrogen functional groups attached to an aromatic ring is 1. The van der Waals surface area contributed by atoms with Crippen LogP contribution < -0.4 is 5.73 Å². The molecule has 0 aliphatic carbocycles. The summed E-state index contributed by atoms with van der Waals surface area (Å²) in [5, 5.41) is 0. The third kappa shape index (κ3) is 3.49. The summed E-state index contributed by atoms with van der Waals surface area (Å²) < 4.78 is 1.13. The van der Waals surface area contributed by atoms with Crippen molar-refractivity contribution in [3.63, 3.8) is 0 Å². The topological polar surface area (TPSA) is 29.3 Å². The predicted molar refractivity (Wildman–Crippen MR) is 74.4 cm³/mol. The van der Waals surface area contributed by atoms with E-state index in [1.165, 1.54) is 5.56 Å². The van der Waals surface area contributed by atoms with Gasteiger partial charge in [-0.2, -0.15) is 0 Å². The first-order chi connectivity index (χ1) is 7.41. The number of rotatable bonds is 4. The second-order valence-corrected chi connectivity index (χ2v) is 5.57. The molecule has 3 heteroatoms. The molecule has 0 aliphatic rings. The summed E-state index contributed by atoms with van der Waals surface area (Å²) >= 11 is 3.57. The standard InChI is InChI=1S/C13H21BrN2/c1-9(2)16(10(3)4)8-11-7-12(15)5-6-13(11)14/h5-7,9-10H,8,15H2,1-4H3. The molecule has 0 aromatic heterocycles. The second-order valence-electron chi connectivity index (χ2n) is 4.71. The van der Waals surface area contributed by atoms with Crippen LogP contribution in [-0.2, 0) is 6.54 Å². The number of benzene rings is 1. The zero-order valence-corrected chi connectivity index (χ0v) is 12.1. The van der Waals surface area contributed by atoms with Crippen molar-refractivity contribution in [1.82, 2.24) is 4.90 Å². The number of hydrogen-bond acceptors (Lipinski definition) is 2. The maximum Gasteiger partial charge on any atom is 0.0318 e. The molecule has 0 saturated heterocycles. The van der Waals surface area contributed by atoms with Crippen LogP contribution in [0.1, 0.15) is 33.3 Å². The van der Waals surface area contributed by atoms with Gasteiger partial charge in [-0.15, -0.1) is 0 Å². The molecule has 90 valence electrons. The van der Waals surface area contributed by atoms with Gasteiger partial charge >= 0.3 is 0 Å².